The van der Waals surface area contributed by atoms with Gasteiger partial charge in [-0.25, -0.2) is 4.39 Å². The van der Waals surface area contributed by atoms with Crippen LogP contribution in [0, 0.1) is 5.82 Å². The number of aryl methyl sites for hydroxylation is 1. The number of nitrogens with one attached hydrogen (secondary N) is 1. The zero-order chi connectivity index (χ0) is 24.6. The zero-order valence-corrected chi connectivity index (χ0v) is 20.0. The second kappa shape index (κ2) is 11.9. The number of amides is 1. The Kier molecular flexibility index (Phi) is 8.49. The Hall–Kier alpha value is -3.24. The predicted molar refractivity (Wildman–Crippen MR) is 133 cm³/mol. The Morgan fingerprint density at radius 1 is 0.943 bits per heavy atom. The summed E-state index contributed by atoms with van der Waals surface area (Å²) in [4.78, 5) is 12.9. The van der Waals surface area contributed by atoms with Gasteiger partial charge in [-0.05, 0) is 48.4 Å². The first kappa shape index (κ1) is 24.9. The van der Waals surface area contributed by atoms with Crippen LogP contribution in [0.2, 0.25) is 0 Å². The van der Waals surface area contributed by atoms with Crippen molar-refractivity contribution in [1.29, 1.82) is 0 Å². The van der Waals surface area contributed by atoms with Crippen LogP contribution < -0.4 is 5.32 Å². The number of hydrogen-bond donors (Lipinski definition) is 1. The van der Waals surface area contributed by atoms with Gasteiger partial charge in [0.2, 0.25) is 5.91 Å². The third-order valence-corrected chi connectivity index (χ3v) is 6.68. The van der Waals surface area contributed by atoms with Crippen molar-refractivity contribution >= 4 is 35.1 Å². The SMILES string of the molecule is O=C(CSc1nnc(-c2ccccc2F)n1CCc1ccccc1)Nc1ccc(SC(F)F)cc1. The molecule has 0 saturated carbocycles. The van der Waals surface area contributed by atoms with Gasteiger partial charge < -0.3 is 9.88 Å². The smallest absolute Gasteiger partial charge is 0.288 e. The van der Waals surface area contributed by atoms with E-state index in [1.54, 1.807) is 30.3 Å². The van der Waals surface area contributed by atoms with E-state index in [1.165, 1.54) is 30.0 Å². The number of aromatic nitrogens is 3. The van der Waals surface area contributed by atoms with E-state index in [0.717, 1.165) is 5.56 Å². The molecular weight excluding hydrogens is 493 g/mol. The highest BCUT2D eigenvalue weighted by atomic mass is 32.2. The molecule has 4 aromatic rings. The number of thioether (sulfide) groups is 2. The van der Waals surface area contributed by atoms with Gasteiger partial charge in [0.1, 0.15) is 5.82 Å². The molecule has 0 aliphatic carbocycles. The van der Waals surface area contributed by atoms with Crippen LogP contribution in [0.15, 0.2) is 88.9 Å². The molecule has 1 aromatic heterocycles. The van der Waals surface area contributed by atoms with Gasteiger partial charge in [0.25, 0.3) is 5.76 Å². The van der Waals surface area contributed by atoms with Gasteiger partial charge in [0.05, 0.1) is 11.3 Å². The van der Waals surface area contributed by atoms with Crippen LogP contribution in [0.4, 0.5) is 18.9 Å². The second-order valence-corrected chi connectivity index (χ2v) is 9.42. The first-order chi connectivity index (χ1) is 17.0. The molecule has 3 aromatic carbocycles. The van der Waals surface area contributed by atoms with Crippen molar-refractivity contribution < 1.29 is 18.0 Å². The highest BCUT2D eigenvalue weighted by molar-refractivity contribution is 8.00. The lowest BCUT2D eigenvalue weighted by atomic mass is 10.1. The average Bonchev–Trinajstić information content (AvgIpc) is 3.26. The molecule has 0 aliphatic rings. The van der Waals surface area contributed by atoms with Gasteiger partial charge in [0, 0.05) is 17.1 Å². The van der Waals surface area contributed by atoms with E-state index in [4.69, 9.17) is 0 Å². The third kappa shape index (κ3) is 6.89. The minimum atomic E-state index is -2.50. The zero-order valence-electron chi connectivity index (χ0n) is 18.4. The van der Waals surface area contributed by atoms with E-state index in [1.807, 2.05) is 34.9 Å². The second-order valence-electron chi connectivity index (χ2n) is 7.41. The summed E-state index contributed by atoms with van der Waals surface area (Å²) in [5, 5.41) is 11.7. The lowest BCUT2D eigenvalue weighted by molar-refractivity contribution is -0.113. The number of alkyl halides is 2. The van der Waals surface area contributed by atoms with E-state index in [2.05, 4.69) is 15.5 Å². The molecule has 10 heteroatoms. The molecule has 0 saturated heterocycles. The maximum Gasteiger partial charge on any atom is 0.288 e. The highest BCUT2D eigenvalue weighted by Crippen LogP contribution is 2.28. The molecule has 1 heterocycles. The molecule has 0 atom stereocenters. The molecule has 0 fully saturated rings. The number of benzene rings is 3. The Bertz CT molecular complexity index is 1270. The summed E-state index contributed by atoms with van der Waals surface area (Å²) in [5.74, 6) is -2.74. The quantitative estimate of drug-likeness (QED) is 0.249. The average molecular weight is 515 g/mol. The predicted octanol–water partition coefficient (Wildman–Crippen LogP) is 6.37. The molecule has 4 rings (SSSR count). The minimum Gasteiger partial charge on any atom is -0.325 e. The largest absolute Gasteiger partial charge is 0.325 e. The van der Waals surface area contributed by atoms with Gasteiger partial charge in [0.15, 0.2) is 11.0 Å². The Morgan fingerprint density at radius 3 is 2.37 bits per heavy atom. The summed E-state index contributed by atoms with van der Waals surface area (Å²) in [7, 11) is 0. The maximum atomic E-state index is 14.5. The van der Waals surface area contributed by atoms with Gasteiger partial charge >= 0.3 is 0 Å². The van der Waals surface area contributed by atoms with Crippen molar-refractivity contribution in [2.24, 2.45) is 0 Å². The topological polar surface area (TPSA) is 59.8 Å². The van der Waals surface area contributed by atoms with E-state index >= 15 is 0 Å². The van der Waals surface area contributed by atoms with Gasteiger partial charge in [-0.15, -0.1) is 10.2 Å². The summed E-state index contributed by atoms with van der Waals surface area (Å²) < 4.78 is 41.2. The first-order valence-electron chi connectivity index (χ1n) is 10.7. The van der Waals surface area contributed by atoms with Crippen LogP contribution >= 0.6 is 23.5 Å². The third-order valence-electron chi connectivity index (χ3n) is 4.99. The van der Waals surface area contributed by atoms with Crippen molar-refractivity contribution in [2.75, 3.05) is 11.1 Å². The number of hydrogen-bond acceptors (Lipinski definition) is 5. The normalized spacial score (nSPS) is 11.1. The fraction of sp³-hybridized carbons (Fsp3) is 0.160. The number of anilines is 1. The monoisotopic (exact) mass is 514 g/mol. The van der Waals surface area contributed by atoms with E-state index < -0.39 is 11.6 Å². The highest BCUT2D eigenvalue weighted by Gasteiger charge is 2.18. The van der Waals surface area contributed by atoms with Gasteiger partial charge in [-0.3, -0.25) is 4.79 Å². The number of nitrogens with zero attached hydrogens (tertiary/aromatic N) is 3. The molecule has 1 N–H and O–H groups in total. The van der Waals surface area contributed by atoms with Gasteiger partial charge in [-0.1, -0.05) is 66.0 Å². The van der Waals surface area contributed by atoms with Crippen molar-refractivity contribution in [3.8, 4) is 11.4 Å². The molecule has 0 bridgehead atoms. The van der Waals surface area contributed by atoms with Crippen LogP contribution in [0.1, 0.15) is 5.56 Å². The van der Waals surface area contributed by atoms with Gasteiger partial charge in [-0.2, -0.15) is 8.78 Å². The molecule has 0 aliphatic heterocycles. The van der Waals surface area contributed by atoms with Crippen molar-refractivity contribution in [2.45, 2.75) is 28.8 Å². The van der Waals surface area contributed by atoms with E-state index in [0.29, 0.717) is 51.9 Å². The summed E-state index contributed by atoms with van der Waals surface area (Å²) >= 11 is 1.64. The Balaban J connectivity index is 1.46. The summed E-state index contributed by atoms with van der Waals surface area (Å²) in [5.41, 5.74) is 1.96. The van der Waals surface area contributed by atoms with Crippen molar-refractivity contribution in [3.05, 3.63) is 90.2 Å². The fourth-order valence-corrected chi connectivity index (χ4v) is 4.63. The van der Waals surface area contributed by atoms with Crippen LogP contribution in [0.5, 0.6) is 0 Å². The molecule has 0 spiro atoms. The molecule has 0 radical (unpaired) electrons. The molecule has 35 heavy (non-hydrogen) atoms. The van der Waals surface area contributed by atoms with Crippen LogP contribution in [-0.4, -0.2) is 32.2 Å². The Morgan fingerprint density at radius 2 is 1.66 bits per heavy atom. The summed E-state index contributed by atoms with van der Waals surface area (Å²) in [6.45, 7) is 0.508. The molecule has 0 unspecified atom stereocenters. The van der Waals surface area contributed by atoms with Crippen LogP contribution in [0.3, 0.4) is 0 Å². The number of carbonyl (C=O) groups is 1. The van der Waals surface area contributed by atoms with Crippen molar-refractivity contribution in [3.63, 3.8) is 0 Å². The number of halogens is 3. The lowest BCUT2D eigenvalue weighted by Crippen LogP contribution is -2.15. The molecule has 5 nitrogen and oxygen atoms in total. The van der Waals surface area contributed by atoms with E-state index in [9.17, 15) is 18.0 Å². The van der Waals surface area contributed by atoms with E-state index in [-0.39, 0.29) is 11.7 Å². The van der Waals surface area contributed by atoms with Crippen LogP contribution in [0.25, 0.3) is 11.4 Å². The molecule has 1 amide bonds. The first-order valence-corrected chi connectivity index (χ1v) is 12.6. The lowest BCUT2D eigenvalue weighted by Gasteiger charge is -2.11. The summed E-state index contributed by atoms with van der Waals surface area (Å²) in [6, 6.07) is 22.5. The maximum absolute atomic E-state index is 14.5. The molecule has 180 valence electrons. The Labute approximate surface area is 209 Å². The standard InChI is InChI=1S/C25H21F3N4OS2/c26-21-9-5-4-8-20(21)23-30-31-25(32(23)15-14-17-6-2-1-3-7-17)34-16-22(33)29-18-10-12-19(13-11-18)35-24(27)28/h1-13,24H,14-16H2,(H,29,33). The number of carbonyl (C=O) groups excluding carboxylic acids is 1. The minimum absolute atomic E-state index is 0.0499. The van der Waals surface area contributed by atoms with Crippen molar-refractivity contribution in [1.82, 2.24) is 14.8 Å². The number of rotatable bonds is 10. The molecular formula is C25H21F3N4OS2. The summed E-state index contributed by atoms with van der Waals surface area (Å²) in [6.07, 6.45) is 0.684. The fourth-order valence-electron chi connectivity index (χ4n) is 3.37. The van der Waals surface area contributed by atoms with Crippen LogP contribution in [-0.2, 0) is 17.8 Å².